The molecular weight excluding hydrogens is 464 g/mol. The second kappa shape index (κ2) is 8.01. The zero-order valence-electron chi connectivity index (χ0n) is 16.0. The van der Waals surface area contributed by atoms with E-state index in [0.29, 0.717) is 11.1 Å². The lowest BCUT2D eigenvalue weighted by Crippen LogP contribution is -2.22. The van der Waals surface area contributed by atoms with E-state index in [1.54, 1.807) is 36.4 Å². The van der Waals surface area contributed by atoms with Crippen LogP contribution in [0, 0.1) is 6.92 Å². The Kier molecular flexibility index (Phi) is 5.40. The number of benzene rings is 3. The molecule has 4 rings (SSSR count). The van der Waals surface area contributed by atoms with Crippen LogP contribution in [0.1, 0.15) is 21.5 Å². The summed E-state index contributed by atoms with van der Waals surface area (Å²) < 4.78 is 30.6. The normalized spacial score (nSPS) is 14.9. The van der Waals surface area contributed by atoms with Gasteiger partial charge < -0.3 is 5.32 Å². The van der Waals surface area contributed by atoms with Gasteiger partial charge in [-0.1, -0.05) is 57.9 Å². The number of allylic oxidation sites excluding steroid dienone is 2. The summed E-state index contributed by atoms with van der Waals surface area (Å²) in [6, 6.07) is 20.7. The average Bonchev–Trinajstić information content (AvgIpc) is 2.73. The fraction of sp³-hybridized carbons (Fsp3) is 0.0435. The lowest BCUT2D eigenvalue weighted by atomic mass is 9.92. The van der Waals surface area contributed by atoms with E-state index >= 15 is 0 Å². The lowest BCUT2D eigenvalue weighted by molar-refractivity contribution is 0.103. The third-order valence-electron chi connectivity index (χ3n) is 4.63. The van der Waals surface area contributed by atoms with Crippen molar-refractivity contribution >= 4 is 43.1 Å². The van der Waals surface area contributed by atoms with Crippen LogP contribution in [0.25, 0.3) is 0 Å². The number of ketones is 1. The molecule has 0 bridgehead atoms. The van der Waals surface area contributed by atoms with Crippen molar-refractivity contribution in [2.24, 2.45) is 4.40 Å². The van der Waals surface area contributed by atoms with Gasteiger partial charge in [-0.3, -0.25) is 4.79 Å². The largest absolute Gasteiger partial charge is 0.352 e. The molecule has 1 aliphatic rings. The third kappa shape index (κ3) is 4.13. The number of halogens is 1. The molecule has 0 unspecified atom stereocenters. The van der Waals surface area contributed by atoms with E-state index in [9.17, 15) is 13.2 Å². The van der Waals surface area contributed by atoms with E-state index in [1.165, 1.54) is 18.2 Å². The predicted octanol–water partition coefficient (Wildman–Crippen LogP) is 5.13. The fourth-order valence-electron chi connectivity index (χ4n) is 3.08. The topological polar surface area (TPSA) is 75.6 Å². The molecule has 5 nitrogen and oxygen atoms in total. The highest BCUT2D eigenvalue weighted by Gasteiger charge is 2.26. The second-order valence-electron chi connectivity index (χ2n) is 6.83. The number of carbonyl (C=O) groups is 1. The molecule has 0 aromatic heterocycles. The Labute approximate surface area is 183 Å². The minimum absolute atomic E-state index is 0.0778. The highest BCUT2D eigenvalue weighted by Crippen LogP contribution is 2.25. The van der Waals surface area contributed by atoms with Gasteiger partial charge in [0.2, 0.25) is 5.78 Å². The maximum Gasteiger partial charge on any atom is 0.282 e. The number of fused-ring (bicyclic) bond motifs is 1. The minimum atomic E-state index is -3.96. The number of anilines is 1. The number of rotatable bonds is 4. The molecular formula is C23H17BrN2O3S. The van der Waals surface area contributed by atoms with Gasteiger partial charge in [0.25, 0.3) is 10.0 Å². The lowest BCUT2D eigenvalue weighted by Gasteiger charge is -2.19. The summed E-state index contributed by atoms with van der Waals surface area (Å²) in [6.45, 7) is 1.97. The number of Topliss-reactive ketones (excluding diaryl/α,β-unsaturated/α-hetero) is 1. The zero-order valence-corrected chi connectivity index (χ0v) is 18.4. The number of carbonyl (C=O) groups excluding carboxylic acids is 1. The van der Waals surface area contributed by atoms with Crippen molar-refractivity contribution in [1.82, 2.24) is 0 Å². The van der Waals surface area contributed by atoms with Crippen LogP contribution in [0.3, 0.4) is 0 Å². The van der Waals surface area contributed by atoms with Crippen LogP contribution in [0.4, 0.5) is 5.69 Å². The van der Waals surface area contributed by atoms with Crippen molar-refractivity contribution in [2.45, 2.75) is 11.8 Å². The van der Waals surface area contributed by atoms with Crippen molar-refractivity contribution < 1.29 is 13.2 Å². The maximum absolute atomic E-state index is 13.0. The highest BCUT2D eigenvalue weighted by atomic mass is 79.9. The molecule has 0 radical (unpaired) electrons. The molecule has 0 amide bonds. The van der Waals surface area contributed by atoms with Gasteiger partial charge in [-0.15, -0.1) is 0 Å². The van der Waals surface area contributed by atoms with Crippen molar-refractivity contribution in [3.05, 3.63) is 106 Å². The van der Waals surface area contributed by atoms with E-state index in [-0.39, 0.29) is 22.1 Å². The zero-order chi connectivity index (χ0) is 21.3. The summed E-state index contributed by atoms with van der Waals surface area (Å²) in [7, 11) is -3.96. The number of aryl methyl sites for hydroxylation is 1. The first kappa shape index (κ1) is 20.3. The summed E-state index contributed by atoms with van der Waals surface area (Å²) in [5.41, 5.74) is 3.19. The van der Waals surface area contributed by atoms with Gasteiger partial charge in [0.05, 0.1) is 16.3 Å². The van der Waals surface area contributed by atoms with Crippen LogP contribution in [0.15, 0.2) is 98.3 Å². The summed E-state index contributed by atoms with van der Waals surface area (Å²) in [5.74, 6) is -0.217. The molecule has 1 aliphatic carbocycles. The van der Waals surface area contributed by atoms with E-state index in [1.807, 2.05) is 31.2 Å². The Morgan fingerprint density at radius 2 is 1.50 bits per heavy atom. The molecule has 0 saturated carbocycles. The molecule has 7 heteroatoms. The molecule has 0 aliphatic heterocycles. The number of nitrogens with zero attached hydrogens (tertiary/aromatic N) is 1. The molecule has 3 aromatic rings. The van der Waals surface area contributed by atoms with E-state index in [2.05, 4.69) is 25.6 Å². The van der Waals surface area contributed by atoms with Crippen molar-refractivity contribution in [1.29, 1.82) is 0 Å². The summed E-state index contributed by atoms with van der Waals surface area (Å²) in [6.07, 6.45) is 1.49. The average molecular weight is 481 g/mol. The Hall–Kier alpha value is -3.03. The molecule has 0 fully saturated rings. The molecule has 0 spiro atoms. The Bertz CT molecular complexity index is 1290. The van der Waals surface area contributed by atoms with E-state index < -0.39 is 10.0 Å². The maximum atomic E-state index is 13.0. The second-order valence-corrected chi connectivity index (χ2v) is 9.35. The van der Waals surface area contributed by atoms with Gasteiger partial charge >= 0.3 is 0 Å². The highest BCUT2D eigenvalue weighted by molar-refractivity contribution is 9.10. The SMILES string of the molecule is Cc1ccc(NC2=C/C(=N\S(=O)(=O)c3ccc(Br)cc3)c3ccccc3C2=O)cc1. The molecule has 3 aromatic carbocycles. The number of hydrogen-bond acceptors (Lipinski definition) is 4. The number of nitrogens with one attached hydrogen (secondary N) is 1. The van der Waals surface area contributed by atoms with Crippen LogP contribution in [-0.2, 0) is 10.0 Å². The molecule has 150 valence electrons. The molecule has 1 N–H and O–H groups in total. The number of hydrogen-bond donors (Lipinski definition) is 1. The van der Waals surface area contributed by atoms with Crippen LogP contribution >= 0.6 is 15.9 Å². The van der Waals surface area contributed by atoms with Crippen LogP contribution in [-0.4, -0.2) is 19.9 Å². The Morgan fingerprint density at radius 1 is 0.867 bits per heavy atom. The van der Waals surface area contributed by atoms with Gasteiger partial charge in [-0.05, 0) is 49.4 Å². The molecule has 30 heavy (non-hydrogen) atoms. The Balaban J connectivity index is 1.80. The molecule has 0 atom stereocenters. The first-order valence-corrected chi connectivity index (χ1v) is 11.4. The predicted molar refractivity (Wildman–Crippen MR) is 122 cm³/mol. The first-order chi connectivity index (χ1) is 14.3. The van der Waals surface area contributed by atoms with E-state index in [0.717, 1.165) is 15.7 Å². The van der Waals surface area contributed by atoms with Gasteiger partial charge in [0, 0.05) is 21.3 Å². The fourth-order valence-corrected chi connectivity index (χ4v) is 4.34. The van der Waals surface area contributed by atoms with Crippen LogP contribution in [0.5, 0.6) is 0 Å². The van der Waals surface area contributed by atoms with Gasteiger partial charge in [-0.2, -0.15) is 12.8 Å². The van der Waals surface area contributed by atoms with Crippen molar-refractivity contribution in [3.63, 3.8) is 0 Å². The van der Waals surface area contributed by atoms with Gasteiger partial charge in [-0.25, -0.2) is 0 Å². The summed E-state index contributed by atoms with van der Waals surface area (Å²) in [5, 5.41) is 3.09. The smallest absolute Gasteiger partial charge is 0.282 e. The van der Waals surface area contributed by atoms with Gasteiger partial charge in [0.15, 0.2) is 0 Å². The number of sulfonamides is 1. The summed E-state index contributed by atoms with van der Waals surface area (Å²) >= 11 is 3.30. The van der Waals surface area contributed by atoms with Crippen molar-refractivity contribution in [3.8, 4) is 0 Å². The standard InChI is InChI=1S/C23H17BrN2O3S/c1-15-6-10-17(11-7-15)25-22-14-21(19-4-2-3-5-20(19)23(22)27)26-30(28,29)18-12-8-16(24)9-13-18/h2-14,25H,1H3/b26-21+. The molecule has 0 heterocycles. The van der Waals surface area contributed by atoms with Crippen LogP contribution < -0.4 is 5.32 Å². The van der Waals surface area contributed by atoms with Gasteiger partial charge in [0.1, 0.15) is 0 Å². The Morgan fingerprint density at radius 3 is 2.17 bits per heavy atom. The summed E-state index contributed by atoms with van der Waals surface area (Å²) in [4.78, 5) is 13.0. The quantitative estimate of drug-likeness (QED) is 0.561. The first-order valence-electron chi connectivity index (χ1n) is 9.13. The molecule has 0 saturated heterocycles. The van der Waals surface area contributed by atoms with Crippen molar-refractivity contribution in [2.75, 3.05) is 5.32 Å². The third-order valence-corrected chi connectivity index (χ3v) is 6.47. The minimum Gasteiger partial charge on any atom is -0.352 e. The monoisotopic (exact) mass is 480 g/mol. The van der Waals surface area contributed by atoms with E-state index in [4.69, 9.17) is 0 Å². The van der Waals surface area contributed by atoms with Crippen LogP contribution in [0.2, 0.25) is 0 Å².